The molecule has 0 fully saturated rings. The fourth-order valence-electron chi connectivity index (χ4n) is 3.12. The Morgan fingerprint density at radius 3 is 1.68 bits per heavy atom. The second-order valence-electron chi connectivity index (χ2n) is 7.36. The van der Waals surface area contributed by atoms with E-state index in [1.54, 1.807) is 12.2 Å². The fraction of sp³-hybridized carbons (Fsp3) is 0.864. The minimum absolute atomic E-state index is 0.449. The normalized spacial score (nSPS) is 14.0. The number of carboxylic acids is 1. The molecular weight excluding hydrogens is 312 g/mol. The summed E-state index contributed by atoms with van der Waals surface area (Å²) >= 11 is 0. The molecule has 0 saturated heterocycles. The molecule has 3 heteroatoms. The van der Waals surface area contributed by atoms with Crippen LogP contribution in [-0.2, 0) is 4.79 Å². The van der Waals surface area contributed by atoms with Crippen LogP contribution in [0.15, 0.2) is 12.2 Å². The largest absolute Gasteiger partial charge is 0.481 e. The van der Waals surface area contributed by atoms with Crippen molar-refractivity contribution < 1.29 is 15.0 Å². The number of aliphatic carboxylic acids is 1. The first-order chi connectivity index (χ1) is 12.1. The lowest BCUT2D eigenvalue weighted by Gasteiger charge is -2.09. The van der Waals surface area contributed by atoms with Crippen LogP contribution >= 0.6 is 0 Å². The van der Waals surface area contributed by atoms with E-state index in [1.165, 1.54) is 44.9 Å². The van der Waals surface area contributed by atoms with Crippen LogP contribution < -0.4 is 0 Å². The predicted molar refractivity (Wildman–Crippen MR) is 107 cm³/mol. The highest BCUT2D eigenvalue weighted by molar-refractivity contribution is 5.72. The van der Waals surface area contributed by atoms with Gasteiger partial charge in [0.1, 0.15) is 0 Å². The molecule has 148 valence electrons. The van der Waals surface area contributed by atoms with E-state index in [4.69, 9.17) is 0 Å². The molecule has 0 unspecified atom stereocenters. The number of carbonyl (C=O) groups is 1. The SMILES string of the molecule is CCCCCCCCCCC[C@H](O)/C=C/[C@H](CCCCCC)C(=O)O. The Morgan fingerprint density at radius 1 is 0.720 bits per heavy atom. The average molecular weight is 355 g/mol. The first-order valence-electron chi connectivity index (χ1n) is 10.7. The van der Waals surface area contributed by atoms with Gasteiger partial charge in [0.15, 0.2) is 0 Å². The molecule has 0 spiro atoms. The van der Waals surface area contributed by atoms with E-state index in [9.17, 15) is 15.0 Å². The van der Waals surface area contributed by atoms with Crippen LogP contribution in [0.25, 0.3) is 0 Å². The predicted octanol–water partition coefficient (Wildman–Crippen LogP) is 6.50. The monoisotopic (exact) mass is 354 g/mol. The third-order valence-corrected chi connectivity index (χ3v) is 4.85. The number of unbranched alkanes of at least 4 members (excludes halogenated alkanes) is 11. The fourth-order valence-corrected chi connectivity index (χ4v) is 3.12. The van der Waals surface area contributed by atoms with E-state index in [1.807, 2.05) is 0 Å². The van der Waals surface area contributed by atoms with Gasteiger partial charge in [-0.1, -0.05) is 109 Å². The number of rotatable bonds is 18. The van der Waals surface area contributed by atoms with Gasteiger partial charge in [-0.3, -0.25) is 4.79 Å². The van der Waals surface area contributed by atoms with Gasteiger partial charge in [-0.25, -0.2) is 0 Å². The van der Waals surface area contributed by atoms with Crippen molar-refractivity contribution in [3.05, 3.63) is 12.2 Å². The summed E-state index contributed by atoms with van der Waals surface area (Å²) in [6.45, 7) is 4.39. The molecule has 0 aromatic heterocycles. The van der Waals surface area contributed by atoms with Gasteiger partial charge in [-0.2, -0.15) is 0 Å². The summed E-state index contributed by atoms with van der Waals surface area (Å²) in [7, 11) is 0. The zero-order valence-corrected chi connectivity index (χ0v) is 16.7. The van der Waals surface area contributed by atoms with Crippen molar-refractivity contribution >= 4 is 5.97 Å². The van der Waals surface area contributed by atoms with Crippen molar-refractivity contribution in [1.82, 2.24) is 0 Å². The standard InChI is InChI=1S/C22H42O3/c1-3-5-7-9-10-11-12-13-15-17-21(23)19-18-20(22(24)25)16-14-8-6-4-2/h18-21,23H,3-17H2,1-2H3,(H,24,25)/b19-18+/t20-,21-/m0/s1. The molecule has 0 aromatic rings. The highest BCUT2D eigenvalue weighted by atomic mass is 16.4. The van der Waals surface area contributed by atoms with Gasteiger partial charge >= 0.3 is 5.97 Å². The van der Waals surface area contributed by atoms with E-state index < -0.39 is 18.0 Å². The summed E-state index contributed by atoms with van der Waals surface area (Å²) in [5.41, 5.74) is 0. The molecule has 2 atom stereocenters. The second kappa shape index (κ2) is 18.0. The highest BCUT2D eigenvalue weighted by Crippen LogP contribution is 2.15. The Balaban J connectivity index is 3.73. The quantitative estimate of drug-likeness (QED) is 0.218. The van der Waals surface area contributed by atoms with Gasteiger partial charge in [0.05, 0.1) is 12.0 Å². The Morgan fingerprint density at radius 2 is 1.16 bits per heavy atom. The van der Waals surface area contributed by atoms with Crippen molar-refractivity contribution in [3.8, 4) is 0 Å². The molecule has 0 aliphatic heterocycles. The lowest BCUT2D eigenvalue weighted by Crippen LogP contribution is -2.12. The maximum Gasteiger partial charge on any atom is 0.310 e. The second-order valence-corrected chi connectivity index (χ2v) is 7.36. The van der Waals surface area contributed by atoms with Gasteiger partial charge < -0.3 is 10.2 Å². The van der Waals surface area contributed by atoms with Crippen molar-refractivity contribution in [2.24, 2.45) is 5.92 Å². The first-order valence-corrected chi connectivity index (χ1v) is 10.7. The van der Waals surface area contributed by atoms with Gasteiger partial charge in [0.25, 0.3) is 0 Å². The average Bonchev–Trinajstić information content (AvgIpc) is 2.59. The van der Waals surface area contributed by atoms with Crippen LogP contribution in [-0.4, -0.2) is 22.3 Å². The molecule has 0 amide bonds. The molecule has 25 heavy (non-hydrogen) atoms. The van der Waals surface area contributed by atoms with Crippen LogP contribution in [0.1, 0.15) is 110 Å². The van der Waals surface area contributed by atoms with E-state index in [-0.39, 0.29) is 0 Å². The molecule has 2 N–H and O–H groups in total. The molecule has 0 rings (SSSR count). The van der Waals surface area contributed by atoms with Crippen molar-refractivity contribution in [3.63, 3.8) is 0 Å². The smallest absolute Gasteiger partial charge is 0.310 e. The lowest BCUT2D eigenvalue weighted by atomic mass is 9.99. The molecule has 0 aromatic carbocycles. The Labute approximate surface area is 155 Å². The number of aliphatic hydroxyl groups is 1. The zero-order valence-electron chi connectivity index (χ0n) is 16.7. The summed E-state index contributed by atoms with van der Waals surface area (Å²) in [5, 5.41) is 19.3. The zero-order chi connectivity index (χ0) is 18.8. The first kappa shape index (κ1) is 24.2. The third kappa shape index (κ3) is 16.4. The van der Waals surface area contributed by atoms with Gasteiger partial charge in [0.2, 0.25) is 0 Å². The van der Waals surface area contributed by atoms with Crippen LogP contribution in [0, 0.1) is 5.92 Å². The van der Waals surface area contributed by atoms with Crippen LogP contribution in [0.2, 0.25) is 0 Å². The molecule has 0 heterocycles. The molecule has 0 aliphatic rings. The number of aliphatic hydroxyl groups excluding tert-OH is 1. The van der Waals surface area contributed by atoms with Gasteiger partial charge in [-0.05, 0) is 12.8 Å². The van der Waals surface area contributed by atoms with Crippen molar-refractivity contribution in [2.75, 3.05) is 0 Å². The Hall–Kier alpha value is -0.830. The summed E-state index contributed by atoms with van der Waals surface area (Å²) < 4.78 is 0. The van der Waals surface area contributed by atoms with Crippen LogP contribution in [0.4, 0.5) is 0 Å². The van der Waals surface area contributed by atoms with E-state index >= 15 is 0 Å². The summed E-state index contributed by atoms with van der Waals surface area (Å²) in [6, 6.07) is 0. The minimum Gasteiger partial charge on any atom is -0.481 e. The van der Waals surface area contributed by atoms with E-state index in [0.29, 0.717) is 6.42 Å². The Bertz CT molecular complexity index is 325. The molecule has 0 bridgehead atoms. The molecule has 3 nitrogen and oxygen atoms in total. The maximum atomic E-state index is 11.3. The van der Waals surface area contributed by atoms with Crippen molar-refractivity contribution in [1.29, 1.82) is 0 Å². The van der Waals surface area contributed by atoms with E-state index in [0.717, 1.165) is 44.9 Å². The molecule has 0 aliphatic carbocycles. The lowest BCUT2D eigenvalue weighted by molar-refractivity contribution is -0.140. The van der Waals surface area contributed by atoms with Crippen LogP contribution in [0.5, 0.6) is 0 Å². The topological polar surface area (TPSA) is 57.5 Å². The minimum atomic E-state index is -0.775. The van der Waals surface area contributed by atoms with Crippen LogP contribution in [0.3, 0.4) is 0 Å². The van der Waals surface area contributed by atoms with Crippen molar-refractivity contribution in [2.45, 2.75) is 116 Å². The number of hydrogen-bond donors (Lipinski definition) is 2. The molecule has 0 radical (unpaired) electrons. The summed E-state index contributed by atoms with van der Waals surface area (Å²) in [6.07, 6.45) is 20.1. The summed E-state index contributed by atoms with van der Waals surface area (Å²) in [4.78, 5) is 11.3. The number of carboxylic acid groups (broad SMARTS) is 1. The highest BCUT2D eigenvalue weighted by Gasteiger charge is 2.13. The maximum absolute atomic E-state index is 11.3. The van der Waals surface area contributed by atoms with Gasteiger partial charge in [-0.15, -0.1) is 0 Å². The number of hydrogen-bond acceptors (Lipinski definition) is 2. The third-order valence-electron chi connectivity index (χ3n) is 4.85. The Kier molecular flexibility index (Phi) is 17.4. The summed E-state index contributed by atoms with van der Waals surface area (Å²) in [5.74, 6) is -1.22. The molecule has 0 saturated carbocycles. The van der Waals surface area contributed by atoms with E-state index in [2.05, 4.69) is 13.8 Å². The van der Waals surface area contributed by atoms with Gasteiger partial charge in [0, 0.05) is 0 Å². The molecular formula is C22H42O3.